The Balaban J connectivity index is 1.37. The second-order valence-electron chi connectivity index (χ2n) is 9.25. The van der Waals surface area contributed by atoms with Crippen LogP contribution in [0.4, 0.5) is 5.69 Å². The van der Waals surface area contributed by atoms with Gasteiger partial charge in [0.15, 0.2) is 11.5 Å². The number of piperidine rings is 1. The van der Waals surface area contributed by atoms with E-state index in [9.17, 15) is 9.59 Å². The van der Waals surface area contributed by atoms with Crippen LogP contribution in [-0.2, 0) is 15.0 Å². The van der Waals surface area contributed by atoms with Gasteiger partial charge in [0.25, 0.3) is 5.79 Å². The molecule has 32 heavy (non-hydrogen) atoms. The van der Waals surface area contributed by atoms with Crippen molar-refractivity contribution >= 4 is 17.5 Å². The molecule has 5 rings (SSSR count). The van der Waals surface area contributed by atoms with E-state index in [0.29, 0.717) is 37.4 Å². The number of hydrogen-bond donors (Lipinski definition) is 1. The maximum Gasteiger partial charge on any atom is 0.251 e. The maximum atomic E-state index is 13.7. The molecule has 0 aromatic heterocycles. The Morgan fingerprint density at radius 1 is 0.875 bits per heavy atom. The van der Waals surface area contributed by atoms with Crippen LogP contribution in [0.15, 0.2) is 48.5 Å². The third kappa shape index (κ3) is 3.72. The number of carbonyl (C=O) groups is 2. The Bertz CT molecular complexity index is 1010. The summed E-state index contributed by atoms with van der Waals surface area (Å²) in [5.41, 5.74) is 1.02. The summed E-state index contributed by atoms with van der Waals surface area (Å²) in [6, 6.07) is 15.6. The van der Waals surface area contributed by atoms with E-state index in [1.165, 1.54) is 6.42 Å². The van der Waals surface area contributed by atoms with Gasteiger partial charge < -0.3 is 19.7 Å². The third-order valence-electron chi connectivity index (χ3n) is 7.23. The minimum Gasteiger partial charge on any atom is -0.448 e. The van der Waals surface area contributed by atoms with E-state index in [0.717, 1.165) is 37.0 Å². The van der Waals surface area contributed by atoms with Crippen LogP contribution in [0.3, 0.4) is 0 Å². The molecule has 2 aliphatic heterocycles. The van der Waals surface area contributed by atoms with Gasteiger partial charge in [-0.2, -0.15) is 0 Å². The lowest BCUT2D eigenvalue weighted by atomic mass is 9.72. The largest absolute Gasteiger partial charge is 0.448 e. The summed E-state index contributed by atoms with van der Waals surface area (Å²) in [5.74, 6) is 0.925. The van der Waals surface area contributed by atoms with Crippen LogP contribution in [0.2, 0.25) is 0 Å². The lowest BCUT2D eigenvalue weighted by molar-refractivity contribution is -0.133. The van der Waals surface area contributed by atoms with E-state index in [4.69, 9.17) is 9.47 Å². The van der Waals surface area contributed by atoms with Gasteiger partial charge in [-0.1, -0.05) is 36.8 Å². The number of rotatable bonds is 3. The van der Waals surface area contributed by atoms with Crippen LogP contribution >= 0.6 is 0 Å². The molecule has 2 heterocycles. The molecule has 3 aliphatic rings. The van der Waals surface area contributed by atoms with E-state index in [-0.39, 0.29) is 11.8 Å². The summed E-state index contributed by atoms with van der Waals surface area (Å²) in [6.07, 6.45) is 6.41. The van der Waals surface area contributed by atoms with E-state index < -0.39 is 11.2 Å². The molecule has 1 saturated carbocycles. The second-order valence-corrected chi connectivity index (χ2v) is 9.25. The lowest BCUT2D eigenvalue weighted by Crippen LogP contribution is -2.50. The SMILES string of the molecule is CC(=O)N1CCC(C(=O)Nc2ccc3c(c2)OC2(CCCCC2)O3)(c2ccccc2)CC1. The second kappa shape index (κ2) is 8.15. The van der Waals surface area contributed by atoms with Gasteiger partial charge in [0.2, 0.25) is 11.8 Å². The zero-order valence-electron chi connectivity index (χ0n) is 18.6. The van der Waals surface area contributed by atoms with Gasteiger partial charge in [0.05, 0.1) is 5.41 Å². The highest BCUT2D eigenvalue weighted by molar-refractivity contribution is 5.99. The first-order valence-corrected chi connectivity index (χ1v) is 11.6. The van der Waals surface area contributed by atoms with Crippen molar-refractivity contribution in [3.8, 4) is 11.5 Å². The molecule has 0 atom stereocenters. The molecule has 2 aromatic rings. The monoisotopic (exact) mass is 434 g/mol. The standard InChI is InChI=1S/C26H30N2O4/c1-19(29)28-16-14-25(15-17-28,20-8-4-2-5-9-20)24(30)27-21-10-11-22-23(18-21)32-26(31-22)12-6-3-7-13-26/h2,4-5,8-11,18H,3,6-7,12-17H2,1H3,(H,27,30). The van der Waals surface area contributed by atoms with Gasteiger partial charge in [-0.25, -0.2) is 0 Å². The molecule has 1 saturated heterocycles. The van der Waals surface area contributed by atoms with Crippen molar-refractivity contribution in [1.82, 2.24) is 4.90 Å². The molecule has 0 unspecified atom stereocenters. The van der Waals surface area contributed by atoms with Crippen LogP contribution < -0.4 is 14.8 Å². The molecule has 6 heteroatoms. The molecule has 1 spiro atoms. The number of nitrogens with one attached hydrogen (secondary N) is 1. The fraction of sp³-hybridized carbons (Fsp3) is 0.462. The molecule has 1 aliphatic carbocycles. The maximum absolute atomic E-state index is 13.7. The zero-order valence-corrected chi connectivity index (χ0v) is 18.6. The van der Waals surface area contributed by atoms with Crippen molar-refractivity contribution in [3.63, 3.8) is 0 Å². The van der Waals surface area contributed by atoms with Gasteiger partial charge in [0, 0.05) is 44.6 Å². The molecule has 6 nitrogen and oxygen atoms in total. The number of fused-ring (bicyclic) bond motifs is 1. The fourth-order valence-electron chi connectivity index (χ4n) is 5.32. The van der Waals surface area contributed by atoms with Gasteiger partial charge in [-0.15, -0.1) is 0 Å². The first-order valence-electron chi connectivity index (χ1n) is 11.6. The number of benzene rings is 2. The smallest absolute Gasteiger partial charge is 0.251 e. The summed E-state index contributed by atoms with van der Waals surface area (Å²) < 4.78 is 12.4. The quantitative estimate of drug-likeness (QED) is 0.764. The highest BCUT2D eigenvalue weighted by atomic mass is 16.7. The number of likely N-dealkylation sites (tertiary alicyclic amines) is 1. The number of nitrogens with zero attached hydrogens (tertiary/aromatic N) is 1. The molecule has 0 radical (unpaired) electrons. The van der Waals surface area contributed by atoms with Crippen LogP contribution in [0.25, 0.3) is 0 Å². The average molecular weight is 435 g/mol. The summed E-state index contributed by atoms with van der Waals surface area (Å²) in [7, 11) is 0. The summed E-state index contributed by atoms with van der Waals surface area (Å²) in [6.45, 7) is 2.73. The number of hydrogen-bond acceptors (Lipinski definition) is 4. The van der Waals surface area contributed by atoms with Gasteiger partial charge in [-0.3, -0.25) is 9.59 Å². The summed E-state index contributed by atoms with van der Waals surface area (Å²) in [5, 5.41) is 3.14. The average Bonchev–Trinajstić information content (AvgIpc) is 3.16. The fourth-order valence-corrected chi connectivity index (χ4v) is 5.32. The minimum atomic E-state index is -0.672. The van der Waals surface area contributed by atoms with Crippen LogP contribution in [-0.4, -0.2) is 35.6 Å². The van der Waals surface area contributed by atoms with Crippen LogP contribution in [0.1, 0.15) is 57.4 Å². The number of amides is 2. The normalized spacial score (nSPS) is 20.7. The van der Waals surface area contributed by atoms with Crippen molar-refractivity contribution in [2.75, 3.05) is 18.4 Å². The predicted molar refractivity (Wildman–Crippen MR) is 122 cm³/mol. The molecule has 1 N–H and O–H groups in total. The molecule has 2 fully saturated rings. The highest BCUT2D eigenvalue weighted by Gasteiger charge is 2.44. The Morgan fingerprint density at radius 2 is 1.56 bits per heavy atom. The topological polar surface area (TPSA) is 67.9 Å². The van der Waals surface area contributed by atoms with Gasteiger partial charge in [-0.05, 0) is 43.4 Å². The van der Waals surface area contributed by atoms with E-state index in [1.54, 1.807) is 6.92 Å². The highest BCUT2D eigenvalue weighted by Crippen LogP contribution is 2.47. The zero-order chi connectivity index (χ0) is 22.2. The molecular weight excluding hydrogens is 404 g/mol. The van der Waals surface area contributed by atoms with Gasteiger partial charge >= 0.3 is 0 Å². The van der Waals surface area contributed by atoms with Crippen LogP contribution in [0, 0.1) is 0 Å². The number of anilines is 1. The molecular formula is C26H30N2O4. The third-order valence-corrected chi connectivity index (χ3v) is 7.23. The van der Waals surface area contributed by atoms with E-state index in [2.05, 4.69) is 5.32 Å². The number of ether oxygens (including phenoxy) is 2. The predicted octanol–water partition coefficient (Wildman–Crippen LogP) is 4.64. The Kier molecular flexibility index (Phi) is 5.31. The first kappa shape index (κ1) is 20.9. The molecule has 168 valence electrons. The number of carbonyl (C=O) groups excluding carboxylic acids is 2. The molecule has 0 bridgehead atoms. The van der Waals surface area contributed by atoms with Crippen molar-refractivity contribution in [1.29, 1.82) is 0 Å². The Labute approximate surface area is 188 Å². The van der Waals surface area contributed by atoms with E-state index in [1.807, 2.05) is 53.4 Å². The lowest BCUT2D eigenvalue weighted by Gasteiger charge is -2.40. The van der Waals surface area contributed by atoms with Crippen LogP contribution in [0.5, 0.6) is 11.5 Å². The summed E-state index contributed by atoms with van der Waals surface area (Å²) >= 11 is 0. The van der Waals surface area contributed by atoms with Crippen molar-refractivity contribution in [2.24, 2.45) is 0 Å². The van der Waals surface area contributed by atoms with Crippen molar-refractivity contribution in [2.45, 2.75) is 63.1 Å². The Hall–Kier alpha value is -3.02. The Morgan fingerprint density at radius 3 is 2.25 bits per heavy atom. The van der Waals surface area contributed by atoms with Gasteiger partial charge in [0.1, 0.15) is 0 Å². The molecule has 2 amide bonds. The van der Waals surface area contributed by atoms with Crippen molar-refractivity contribution < 1.29 is 19.1 Å². The first-order chi connectivity index (χ1) is 15.5. The van der Waals surface area contributed by atoms with E-state index >= 15 is 0 Å². The molecule has 2 aromatic carbocycles. The van der Waals surface area contributed by atoms with Crippen molar-refractivity contribution in [3.05, 3.63) is 54.1 Å². The minimum absolute atomic E-state index is 0.0434. The summed E-state index contributed by atoms with van der Waals surface area (Å²) in [4.78, 5) is 27.3.